The van der Waals surface area contributed by atoms with Crippen molar-refractivity contribution < 1.29 is 19.1 Å². The molecule has 5 heteroatoms. The summed E-state index contributed by atoms with van der Waals surface area (Å²) in [6, 6.07) is 11.0. The van der Waals surface area contributed by atoms with Crippen LogP contribution < -0.4 is 10.1 Å². The van der Waals surface area contributed by atoms with Crippen molar-refractivity contribution in [2.24, 2.45) is 0 Å². The maximum Gasteiger partial charge on any atom is 0.337 e. The summed E-state index contributed by atoms with van der Waals surface area (Å²) in [5.74, 6) is 0.00438. The molecule has 0 heterocycles. The molecule has 26 heavy (non-hydrogen) atoms. The Morgan fingerprint density at radius 2 is 1.73 bits per heavy atom. The number of carbonyl (C=O) groups is 2. The Morgan fingerprint density at radius 3 is 2.38 bits per heavy atom. The van der Waals surface area contributed by atoms with Crippen molar-refractivity contribution in [3.05, 3.63) is 58.7 Å². The van der Waals surface area contributed by atoms with Gasteiger partial charge < -0.3 is 14.8 Å². The number of hydrogen-bond donors (Lipinski definition) is 1. The maximum atomic E-state index is 12.7. The standard InChI is InChI=1S/C21H25NO4/c1-6-18(26-19-11-13(2)7-8-15(19)4)20(23)22-17-12-16(21(24)25-5)10-9-14(17)3/h7-12,18H,6H2,1-5H3,(H,22,23)/t18-/m1/s1. The van der Waals surface area contributed by atoms with Crippen LogP contribution >= 0.6 is 0 Å². The van der Waals surface area contributed by atoms with Crippen LogP contribution in [0.25, 0.3) is 0 Å². The van der Waals surface area contributed by atoms with E-state index in [2.05, 4.69) is 5.32 Å². The number of carbonyl (C=O) groups excluding carboxylic acids is 2. The fraction of sp³-hybridized carbons (Fsp3) is 0.333. The van der Waals surface area contributed by atoms with Gasteiger partial charge in [-0.1, -0.05) is 25.1 Å². The molecule has 138 valence electrons. The summed E-state index contributed by atoms with van der Waals surface area (Å²) in [4.78, 5) is 24.4. The number of nitrogens with one attached hydrogen (secondary N) is 1. The van der Waals surface area contributed by atoms with Crippen molar-refractivity contribution in [2.45, 2.75) is 40.2 Å². The largest absolute Gasteiger partial charge is 0.480 e. The molecule has 2 aromatic rings. The fourth-order valence-electron chi connectivity index (χ4n) is 2.52. The van der Waals surface area contributed by atoms with Crippen LogP contribution in [0.3, 0.4) is 0 Å². The van der Waals surface area contributed by atoms with Gasteiger partial charge >= 0.3 is 5.97 Å². The molecule has 0 aliphatic rings. The highest BCUT2D eigenvalue weighted by molar-refractivity contribution is 5.97. The van der Waals surface area contributed by atoms with Gasteiger partial charge in [-0.25, -0.2) is 4.79 Å². The lowest BCUT2D eigenvalue weighted by molar-refractivity contribution is -0.122. The number of esters is 1. The predicted molar refractivity (Wildman–Crippen MR) is 102 cm³/mol. The number of rotatable bonds is 6. The van der Waals surface area contributed by atoms with E-state index in [4.69, 9.17) is 9.47 Å². The van der Waals surface area contributed by atoms with Crippen molar-refractivity contribution in [1.29, 1.82) is 0 Å². The number of anilines is 1. The van der Waals surface area contributed by atoms with E-state index in [9.17, 15) is 9.59 Å². The van der Waals surface area contributed by atoms with Crippen molar-refractivity contribution in [1.82, 2.24) is 0 Å². The van der Waals surface area contributed by atoms with E-state index in [0.29, 0.717) is 23.4 Å². The van der Waals surface area contributed by atoms with Gasteiger partial charge in [-0.3, -0.25) is 4.79 Å². The molecule has 2 aromatic carbocycles. The topological polar surface area (TPSA) is 64.6 Å². The number of methoxy groups -OCH3 is 1. The molecule has 0 bridgehead atoms. The minimum atomic E-state index is -0.628. The van der Waals surface area contributed by atoms with Crippen LogP contribution in [0.4, 0.5) is 5.69 Å². The monoisotopic (exact) mass is 355 g/mol. The predicted octanol–water partition coefficient (Wildman–Crippen LogP) is 4.19. The molecule has 1 amide bonds. The third-order valence-electron chi connectivity index (χ3n) is 4.19. The summed E-state index contributed by atoms with van der Waals surface area (Å²) in [5, 5.41) is 2.86. The molecule has 2 rings (SSSR count). The lowest BCUT2D eigenvalue weighted by Gasteiger charge is -2.20. The van der Waals surface area contributed by atoms with Gasteiger partial charge in [0.2, 0.25) is 0 Å². The van der Waals surface area contributed by atoms with E-state index in [-0.39, 0.29) is 5.91 Å². The maximum absolute atomic E-state index is 12.7. The molecular formula is C21H25NO4. The van der Waals surface area contributed by atoms with Crippen molar-refractivity contribution in [2.75, 3.05) is 12.4 Å². The highest BCUT2D eigenvalue weighted by atomic mass is 16.5. The van der Waals surface area contributed by atoms with Crippen molar-refractivity contribution in [3.63, 3.8) is 0 Å². The zero-order valence-corrected chi connectivity index (χ0v) is 15.9. The second kappa shape index (κ2) is 8.52. The molecule has 5 nitrogen and oxygen atoms in total. The second-order valence-electron chi connectivity index (χ2n) is 6.29. The first kappa shape index (κ1) is 19.5. The van der Waals surface area contributed by atoms with Gasteiger partial charge in [0.1, 0.15) is 5.75 Å². The molecule has 1 atom stereocenters. The molecule has 1 N–H and O–H groups in total. The molecule has 0 aliphatic heterocycles. The van der Waals surface area contributed by atoms with Crippen LogP contribution in [0.1, 0.15) is 40.4 Å². The number of amides is 1. The van der Waals surface area contributed by atoms with Gasteiger partial charge in [-0.15, -0.1) is 0 Å². The van der Waals surface area contributed by atoms with Crippen LogP contribution in [0, 0.1) is 20.8 Å². The first-order chi connectivity index (χ1) is 12.3. The lowest BCUT2D eigenvalue weighted by atomic mass is 10.1. The Morgan fingerprint density at radius 1 is 1.04 bits per heavy atom. The average Bonchev–Trinajstić information content (AvgIpc) is 2.63. The quantitative estimate of drug-likeness (QED) is 0.789. The molecule has 0 aromatic heterocycles. The third-order valence-corrected chi connectivity index (χ3v) is 4.19. The number of benzene rings is 2. The van der Waals surface area contributed by atoms with Crippen LogP contribution in [-0.2, 0) is 9.53 Å². The van der Waals surface area contributed by atoms with Crippen molar-refractivity contribution in [3.8, 4) is 5.75 Å². The first-order valence-corrected chi connectivity index (χ1v) is 8.59. The minimum absolute atomic E-state index is 0.251. The van der Waals surface area contributed by atoms with Crippen LogP contribution in [0.15, 0.2) is 36.4 Å². The summed E-state index contributed by atoms with van der Waals surface area (Å²) in [6.07, 6.45) is -0.105. The van der Waals surface area contributed by atoms with E-state index in [1.165, 1.54) is 7.11 Å². The van der Waals surface area contributed by atoms with E-state index >= 15 is 0 Å². The highest BCUT2D eigenvalue weighted by Gasteiger charge is 2.20. The van der Waals surface area contributed by atoms with Gasteiger partial charge in [-0.05, 0) is 62.1 Å². The summed E-state index contributed by atoms with van der Waals surface area (Å²) < 4.78 is 10.7. The van der Waals surface area contributed by atoms with E-state index in [0.717, 1.165) is 16.7 Å². The van der Waals surface area contributed by atoms with Gasteiger partial charge in [0.05, 0.1) is 12.7 Å². The van der Waals surface area contributed by atoms with Gasteiger partial charge in [0.25, 0.3) is 5.91 Å². The van der Waals surface area contributed by atoms with Gasteiger partial charge in [0.15, 0.2) is 6.10 Å². The molecule has 0 saturated carbocycles. The molecule has 0 saturated heterocycles. The SMILES string of the molecule is CC[C@@H](Oc1cc(C)ccc1C)C(=O)Nc1cc(C(=O)OC)ccc1C. The minimum Gasteiger partial charge on any atom is -0.480 e. The molecule has 0 radical (unpaired) electrons. The number of hydrogen-bond acceptors (Lipinski definition) is 4. The molecule has 0 spiro atoms. The molecular weight excluding hydrogens is 330 g/mol. The van der Waals surface area contributed by atoms with E-state index < -0.39 is 12.1 Å². The smallest absolute Gasteiger partial charge is 0.337 e. The zero-order valence-electron chi connectivity index (χ0n) is 15.9. The first-order valence-electron chi connectivity index (χ1n) is 8.59. The Balaban J connectivity index is 2.19. The zero-order chi connectivity index (χ0) is 19.3. The normalized spacial score (nSPS) is 11.6. The summed E-state index contributed by atoms with van der Waals surface area (Å²) >= 11 is 0. The Bertz CT molecular complexity index is 814. The lowest BCUT2D eigenvalue weighted by Crippen LogP contribution is -2.32. The van der Waals surface area contributed by atoms with Gasteiger partial charge in [0, 0.05) is 5.69 Å². The summed E-state index contributed by atoms with van der Waals surface area (Å²) in [7, 11) is 1.32. The average molecular weight is 355 g/mol. The second-order valence-corrected chi connectivity index (χ2v) is 6.29. The Hall–Kier alpha value is -2.82. The third kappa shape index (κ3) is 4.63. The Kier molecular flexibility index (Phi) is 6.39. The van der Waals surface area contributed by atoms with Crippen LogP contribution in [-0.4, -0.2) is 25.1 Å². The number of ether oxygens (including phenoxy) is 2. The van der Waals surface area contributed by atoms with Gasteiger partial charge in [-0.2, -0.15) is 0 Å². The van der Waals surface area contributed by atoms with Crippen LogP contribution in [0.5, 0.6) is 5.75 Å². The van der Waals surface area contributed by atoms with E-state index in [1.807, 2.05) is 45.9 Å². The summed E-state index contributed by atoms with van der Waals surface area (Å²) in [6.45, 7) is 7.69. The Labute approximate surface area is 154 Å². The fourth-order valence-corrected chi connectivity index (χ4v) is 2.52. The molecule has 0 aliphatic carbocycles. The summed E-state index contributed by atoms with van der Waals surface area (Å²) in [5.41, 5.74) is 3.86. The van der Waals surface area contributed by atoms with Crippen LogP contribution in [0.2, 0.25) is 0 Å². The highest BCUT2D eigenvalue weighted by Crippen LogP contribution is 2.23. The molecule has 0 unspecified atom stereocenters. The van der Waals surface area contributed by atoms with Crippen molar-refractivity contribution >= 4 is 17.6 Å². The number of aryl methyl sites for hydroxylation is 3. The molecule has 0 fully saturated rings. The van der Waals surface area contributed by atoms with E-state index in [1.54, 1.807) is 18.2 Å².